The molecule has 0 unspecified atom stereocenters. The van der Waals surface area contributed by atoms with Crippen LogP contribution in [0.4, 0.5) is 5.82 Å². The van der Waals surface area contributed by atoms with Gasteiger partial charge in [-0.1, -0.05) is 30.3 Å². The molecule has 0 bridgehead atoms. The van der Waals surface area contributed by atoms with Gasteiger partial charge in [0.25, 0.3) is 11.8 Å². The van der Waals surface area contributed by atoms with E-state index in [0.717, 1.165) is 24.1 Å². The van der Waals surface area contributed by atoms with Crippen LogP contribution in [-0.2, 0) is 13.6 Å². The normalized spacial score (nSPS) is 14.4. The molecule has 4 rings (SSSR count). The van der Waals surface area contributed by atoms with Crippen molar-refractivity contribution in [3.63, 3.8) is 0 Å². The van der Waals surface area contributed by atoms with Crippen molar-refractivity contribution in [3.8, 4) is 0 Å². The maximum Gasteiger partial charge on any atom is 0.289 e. The predicted molar refractivity (Wildman–Crippen MR) is 117 cm³/mol. The van der Waals surface area contributed by atoms with Gasteiger partial charge >= 0.3 is 0 Å². The van der Waals surface area contributed by atoms with Crippen molar-refractivity contribution in [1.82, 2.24) is 24.8 Å². The van der Waals surface area contributed by atoms with E-state index in [1.165, 1.54) is 0 Å². The predicted octanol–water partition coefficient (Wildman–Crippen LogP) is 2.35. The smallest absolute Gasteiger partial charge is 0.289 e. The first-order chi connectivity index (χ1) is 15.0. The van der Waals surface area contributed by atoms with Gasteiger partial charge in [0.1, 0.15) is 5.82 Å². The molecule has 2 aromatic heterocycles. The largest absolute Gasteiger partial charge is 0.383 e. The Hall–Kier alpha value is -3.68. The average Bonchev–Trinajstić information content (AvgIpc) is 3.23. The lowest BCUT2D eigenvalue weighted by Crippen LogP contribution is -2.39. The van der Waals surface area contributed by atoms with Crippen molar-refractivity contribution in [2.45, 2.75) is 25.3 Å². The molecule has 1 aliphatic heterocycles. The first-order valence-electron chi connectivity index (χ1n) is 10.4. The number of benzene rings is 1. The van der Waals surface area contributed by atoms with E-state index in [1.807, 2.05) is 48.3 Å². The molecule has 3 N–H and O–H groups in total. The van der Waals surface area contributed by atoms with E-state index in [-0.39, 0.29) is 23.6 Å². The van der Waals surface area contributed by atoms with Crippen LogP contribution in [0.25, 0.3) is 0 Å². The van der Waals surface area contributed by atoms with Crippen molar-refractivity contribution in [2.24, 2.45) is 7.05 Å². The van der Waals surface area contributed by atoms with Crippen LogP contribution in [0.5, 0.6) is 0 Å². The van der Waals surface area contributed by atoms with Gasteiger partial charge in [0.15, 0.2) is 5.82 Å². The highest BCUT2D eigenvalue weighted by atomic mass is 16.2. The van der Waals surface area contributed by atoms with Crippen LogP contribution >= 0.6 is 0 Å². The highest BCUT2D eigenvalue weighted by molar-refractivity contribution is 5.98. The molecule has 1 saturated heterocycles. The molecule has 0 aliphatic carbocycles. The molecule has 8 nitrogen and oxygen atoms in total. The van der Waals surface area contributed by atoms with Crippen LogP contribution < -0.4 is 11.1 Å². The zero-order valence-electron chi connectivity index (χ0n) is 17.5. The summed E-state index contributed by atoms with van der Waals surface area (Å²) in [5, 5.41) is 2.88. The number of nitrogens with two attached hydrogens (primary N) is 1. The summed E-state index contributed by atoms with van der Waals surface area (Å²) >= 11 is 0. The first kappa shape index (κ1) is 20.6. The molecule has 0 saturated carbocycles. The Labute approximate surface area is 181 Å². The minimum absolute atomic E-state index is 0.0520. The number of aromatic nitrogens is 3. The third-order valence-electron chi connectivity index (χ3n) is 5.70. The molecule has 31 heavy (non-hydrogen) atoms. The second-order valence-corrected chi connectivity index (χ2v) is 7.77. The molecule has 0 atom stereocenters. The number of carbonyl (C=O) groups excluding carboxylic acids is 2. The van der Waals surface area contributed by atoms with Crippen molar-refractivity contribution < 1.29 is 9.59 Å². The van der Waals surface area contributed by atoms with E-state index in [0.29, 0.717) is 31.0 Å². The Morgan fingerprint density at radius 2 is 1.87 bits per heavy atom. The summed E-state index contributed by atoms with van der Waals surface area (Å²) in [6.07, 6.45) is 4.98. The number of carbonyl (C=O) groups is 2. The molecular formula is C23H26N6O2. The van der Waals surface area contributed by atoms with Gasteiger partial charge in [0, 0.05) is 50.7 Å². The van der Waals surface area contributed by atoms with Crippen LogP contribution in [-0.4, -0.2) is 44.3 Å². The Kier molecular flexibility index (Phi) is 5.97. The van der Waals surface area contributed by atoms with Gasteiger partial charge in [-0.15, -0.1) is 0 Å². The summed E-state index contributed by atoms with van der Waals surface area (Å²) in [6, 6.07) is 13.3. The number of likely N-dealkylation sites (tertiary alicyclic amines) is 1. The van der Waals surface area contributed by atoms with Gasteiger partial charge in [0.05, 0.1) is 5.56 Å². The molecule has 1 fully saturated rings. The topological polar surface area (TPSA) is 106 Å². The number of nitrogens with zero attached hydrogens (tertiary/aromatic N) is 4. The second-order valence-electron chi connectivity index (χ2n) is 7.77. The van der Waals surface area contributed by atoms with Gasteiger partial charge in [-0.25, -0.2) is 9.97 Å². The quantitative estimate of drug-likeness (QED) is 0.662. The molecule has 1 aliphatic rings. The highest BCUT2D eigenvalue weighted by Crippen LogP contribution is 2.28. The minimum atomic E-state index is -0.240. The van der Waals surface area contributed by atoms with Crippen molar-refractivity contribution in [3.05, 3.63) is 77.5 Å². The van der Waals surface area contributed by atoms with Crippen LogP contribution in [0.1, 0.15) is 51.0 Å². The van der Waals surface area contributed by atoms with Crippen LogP contribution in [0.15, 0.2) is 54.9 Å². The molecule has 1 aromatic carbocycles. The molecule has 8 heteroatoms. The number of hydrogen-bond donors (Lipinski definition) is 2. The Bertz CT molecular complexity index is 1070. The summed E-state index contributed by atoms with van der Waals surface area (Å²) in [4.78, 5) is 35.6. The van der Waals surface area contributed by atoms with E-state index in [4.69, 9.17) is 5.73 Å². The fourth-order valence-electron chi connectivity index (χ4n) is 3.87. The highest BCUT2D eigenvalue weighted by Gasteiger charge is 2.27. The number of amides is 2. The lowest BCUT2D eigenvalue weighted by Gasteiger charge is -2.31. The Balaban J connectivity index is 1.35. The Morgan fingerprint density at radius 1 is 1.13 bits per heavy atom. The fourth-order valence-corrected chi connectivity index (χ4v) is 3.87. The first-order valence-corrected chi connectivity index (χ1v) is 10.4. The SMILES string of the molecule is Cn1ccnc1C(=O)N1CCC(c2ccc(C(=O)NCc3ccccc3)c(N)n2)CC1. The molecular weight excluding hydrogens is 392 g/mol. The second kappa shape index (κ2) is 8.99. The molecule has 2 amide bonds. The van der Waals surface area contributed by atoms with E-state index in [1.54, 1.807) is 23.0 Å². The molecule has 0 spiro atoms. The number of pyridine rings is 1. The number of nitrogen functional groups attached to an aromatic ring is 1. The number of anilines is 1. The monoisotopic (exact) mass is 418 g/mol. The van der Waals surface area contributed by atoms with E-state index in [2.05, 4.69) is 15.3 Å². The lowest BCUT2D eigenvalue weighted by atomic mass is 9.92. The molecule has 160 valence electrons. The summed E-state index contributed by atoms with van der Waals surface area (Å²) in [6.45, 7) is 1.71. The van der Waals surface area contributed by atoms with Gasteiger partial charge in [-0.2, -0.15) is 0 Å². The summed E-state index contributed by atoms with van der Waals surface area (Å²) in [5.74, 6) is 0.593. The summed E-state index contributed by atoms with van der Waals surface area (Å²) < 4.78 is 1.73. The molecule has 3 aromatic rings. The molecule has 3 heterocycles. The van der Waals surface area contributed by atoms with Crippen molar-refractivity contribution in [2.75, 3.05) is 18.8 Å². The standard InChI is InChI=1S/C23H26N6O2/c1-28-14-11-25-21(28)23(31)29-12-9-17(10-13-29)19-8-7-18(20(24)27-19)22(30)26-15-16-5-3-2-4-6-16/h2-8,11,14,17H,9-10,12-13,15H2,1H3,(H2,24,27)(H,26,30). The van der Waals surface area contributed by atoms with Gasteiger partial charge in [0.2, 0.25) is 0 Å². The van der Waals surface area contributed by atoms with E-state index in [9.17, 15) is 9.59 Å². The van der Waals surface area contributed by atoms with E-state index < -0.39 is 0 Å². The number of imidazole rings is 1. The fraction of sp³-hybridized carbons (Fsp3) is 0.304. The lowest BCUT2D eigenvalue weighted by molar-refractivity contribution is 0.0695. The van der Waals surface area contributed by atoms with Gasteiger partial charge in [-0.3, -0.25) is 9.59 Å². The van der Waals surface area contributed by atoms with Crippen molar-refractivity contribution in [1.29, 1.82) is 0 Å². The number of nitrogens with one attached hydrogen (secondary N) is 1. The van der Waals surface area contributed by atoms with Crippen molar-refractivity contribution >= 4 is 17.6 Å². The maximum atomic E-state index is 12.6. The zero-order chi connectivity index (χ0) is 21.8. The Morgan fingerprint density at radius 3 is 2.52 bits per heavy atom. The van der Waals surface area contributed by atoms with E-state index >= 15 is 0 Å². The van der Waals surface area contributed by atoms with Crippen LogP contribution in [0.3, 0.4) is 0 Å². The van der Waals surface area contributed by atoms with Crippen LogP contribution in [0.2, 0.25) is 0 Å². The average molecular weight is 419 g/mol. The number of piperidine rings is 1. The minimum Gasteiger partial charge on any atom is -0.383 e. The maximum absolute atomic E-state index is 12.6. The van der Waals surface area contributed by atoms with Gasteiger partial charge < -0.3 is 20.5 Å². The number of aryl methyl sites for hydroxylation is 1. The number of hydrogen-bond acceptors (Lipinski definition) is 5. The van der Waals surface area contributed by atoms with Crippen LogP contribution in [0, 0.1) is 0 Å². The summed E-state index contributed by atoms with van der Waals surface area (Å²) in [7, 11) is 1.82. The summed E-state index contributed by atoms with van der Waals surface area (Å²) in [5.41, 5.74) is 8.37. The third-order valence-corrected chi connectivity index (χ3v) is 5.70. The zero-order valence-corrected chi connectivity index (χ0v) is 17.5. The third kappa shape index (κ3) is 4.58. The number of rotatable bonds is 5. The molecule has 0 radical (unpaired) electrons. The van der Waals surface area contributed by atoms with Gasteiger partial charge in [-0.05, 0) is 30.5 Å².